The number of pyridine rings is 1. The van der Waals surface area contributed by atoms with Crippen LogP contribution in [0.1, 0.15) is 10.4 Å². The van der Waals surface area contributed by atoms with Gasteiger partial charge in [0.2, 0.25) is 5.88 Å². The zero-order valence-corrected chi connectivity index (χ0v) is 8.60. The van der Waals surface area contributed by atoms with Crippen LogP contribution in [0.15, 0.2) is 30.6 Å². The molecular formula is C10H10N4O2. The van der Waals surface area contributed by atoms with Crippen LogP contribution in [0.2, 0.25) is 0 Å². The van der Waals surface area contributed by atoms with E-state index in [0.717, 1.165) is 0 Å². The highest BCUT2D eigenvalue weighted by molar-refractivity contribution is 6.03. The summed E-state index contributed by atoms with van der Waals surface area (Å²) in [4.78, 5) is 15.6. The predicted octanol–water partition coefficient (Wildman–Crippen LogP) is 1.07. The van der Waals surface area contributed by atoms with E-state index in [1.165, 1.54) is 13.3 Å². The first-order valence-corrected chi connectivity index (χ1v) is 4.60. The van der Waals surface area contributed by atoms with Crippen LogP contribution in [0.3, 0.4) is 0 Å². The maximum atomic E-state index is 11.7. The lowest BCUT2D eigenvalue weighted by Gasteiger charge is -2.02. The number of aromatic nitrogens is 3. The summed E-state index contributed by atoms with van der Waals surface area (Å²) in [6.45, 7) is 0. The normalized spacial score (nSPS) is 9.81. The third kappa shape index (κ3) is 2.17. The van der Waals surface area contributed by atoms with Crippen molar-refractivity contribution < 1.29 is 9.53 Å². The van der Waals surface area contributed by atoms with E-state index >= 15 is 0 Å². The van der Waals surface area contributed by atoms with Gasteiger partial charge in [0.25, 0.3) is 5.91 Å². The number of amides is 1. The number of rotatable bonds is 3. The molecule has 0 fully saturated rings. The zero-order valence-electron chi connectivity index (χ0n) is 8.60. The Labute approximate surface area is 91.7 Å². The summed E-state index contributed by atoms with van der Waals surface area (Å²) in [5.74, 6) is 0.762. The fourth-order valence-electron chi connectivity index (χ4n) is 1.16. The molecule has 16 heavy (non-hydrogen) atoms. The lowest BCUT2D eigenvalue weighted by atomic mass is 10.2. The highest BCUT2D eigenvalue weighted by atomic mass is 16.5. The maximum Gasteiger partial charge on any atom is 0.258 e. The molecule has 6 heteroatoms. The molecule has 2 N–H and O–H groups in total. The molecule has 0 atom stereocenters. The molecule has 0 saturated carbocycles. The van der Waals surface area contributed by atoms with Gasteiger partial charge in [0, 0.05) is 18.3 Å². The molecule has 0 aliphatic carbocycles. The van der Waals surface area contributed by atoms with Crippen molar-refractivity contribution in [1.82, 2.24) is 15.2 Å². The number of carbonyl (C=O) groups is 1. The van der Waals surface area contributed by atoms with Crippen LogP contribution < -0.4 is 10.1 Å². The Bertz CT molecular complexity index is 464. The van der Waals surface area contributed by atoms with Crippen LogP contribution in [0, 0.1) is 0 Å². The molecule has 2 aromatic heterocycles. The van der Waals surface area contributed by atoms with Crippen molar-refractivity contribution in [3.63, 3.8) is 0 Å². The molecular weight excluding hydrogens is 208 g/mol. The molecule has 2 rings (SSSR count). The Morgan fingerprint density at radius 1 is 1.44 bits per heavy atom. The number of hydrogen-bond donors (Lipinski definition) is 2. The fourth-order valence-corrected chi connectivity index (χ4v) is 1.16. The Morgan fingerprint density at radius 3 is 2.88 bits per heavy atom. The summed E-state index contributed by atoms with van der Waals surface area (Å²) in [5, 5.41) is 8.99. The molecule has 6 nitrogen and oxygen atoms in total. The van der Waals surface area contributed by atoms with Crippen molar-refractivity contribution in [1.29, 1.82) is 0 Å². The van der Waals surface area contributed by atoms with E-state index < -0.39 is 0 Å². The predicted molar refractivity (Wildman–Crippen MR) is 57.3 cm³/mol. The molecule has 0 saturated heterocycles. The largest absolute Gasteiger partial charge is 0.481 e. The number of anilines is 1. The molecule has 0 unspecified atom stereocenters. The zero-order chi connectivity index (χ0) is 11.4. The number of carbonyl (C=O) groups excluding carboxylic acids is 1. The number of methoxy groups -OCH3 is 1. The number of nitrogens with one attached hydrogen (secondary N) is 2. The van der Waals surface area contributed by atoms with Gasteiger partial charge >= 0.3 is 0 Å². The highest BCUT2D eigenvalue weighted by Gasteiger charge is 2.07. The second-order valence-electron chi connectivity index (χ2n) is 3.01. The Morgan fingerprint density at radius 2 is 2.31 bits per heavy atom. The quantitative estimate of drug-likeness (QED) is 0.807. The topological polar surface area (TPSA) is 79.9 Å². The van der Waals surface area contributed by atoms with E-state index in [0.29, 0.717) is 17.3 Å². The lowest BCUT2D eigenvalue weighted by molar-refractivity contribution is 0.102. The summed E-state index contributed by atoms with van der Waals surface area (Å²) in [7, 11) is 1.52. The van der Waals surface area contributed by atoms with Crippen LogP contribution in [0.4, 0.5) is 5.82 Å². The SMILES string of the molecule is COc1ccc(C(=O)Nc2ccn[nH]2)cn1. The van der Waals surface area contributed by atoms with Gasteiger partial charge in [0.05, 0.1) is 18.9 Å². The van der Waals surface area contributed by atoms with Crippen molar-refractivity contribution in [3.8, 4) is 5.88 Å². The summed E-state index contributed by atoms with van der Waals surface area (Å²) in [6.07, 6.45) is 3.01. The monoisotopic (exact) mass is 218 g/mol. The minimum atomic E-state index is -0.251. The van der Waals surface area contributed by atoms with Crippen LogP contribution in [-0.4, -0.2) is 28.2 Å². The fraction of sp³-hybridized carbons (Fsp3) is 0.100. The van der Waals surface area contributed by atoms with Gasteiger partial charge in [-0.05, 0) is 6.07 Å². The summed E-state index contributed by atoms with van der Waals surface area (Å²) < 4.78 is 4.90. The molecule has 1 amide bonds. The second kappa shape index (κ2) is 4.43. The highest BCUT2D eigenvalue weighted by Crippen LogP contribution is 2.08. The maximum absolute atomic E-state index is 11.7. The average Bonchev–Trinajstić information content (AvgIpc) is 2.82. The van der Waals surface area contributed by atoms with E-state index in [1.54, 1.807) is 24.4 Å². The minimum absolute atomic E-state index is 0.251. The molecule has 0 aromatic carbocycles. The molecule has 2 aromatic rings. The molecule has 0 bridgehead atoms. The standard InChI is InChI=1S/C10H10N4O2/c1-16-9-3-2-7(6-11-9)10(15)13-8-4-5-12-14-8/h2-6H,1H3,(H2,12,13,14,15). The first-order valence-electron chi connectivity index (χ1n) is 4.60. The number of aromatic amines is 1. The number of ether oxygens (including phenoxy) is 1. The molecule has 82 valence electrons. The number of nitrogens with zero attached hydrogens (tertiary/aromatic N) is 2. The van der Waals surface area contributed by atoms with Gasteiger partial charge in [-0.1, -0.05) is 0 Å². The van der Waals surface area contributed by atoms with E-state index in [-0.39, 0.29) is 5.91 Å². The smallest absolute Gasteiger partial charge is 0.258 e. The van der Waals surface area contributed by atoms with Crippen molar-refractivity contribution in [2.45, 2.75) is 0 Å². The van der Waals surface area contributed by atoms with Gasteiger partial charge < -0.3 is 10.1 Å². The van der Waals surface area contributed by atoms with E-state index in [9.17, 15) is 4.79 Å². The van der Waals surface area contributed by atoms with Gasteiger partial charge in [0.15, 0.2) is 0 Å². The summed E-state index contributed by atoms with van der Waals surface area (Å²) in [5.41, 5.74) is 0.454. The van der Waals surface area contributed by atoms with Gasteiger partial charge in [0.1, 0.15) is 5.82 Å². The van der Waals surface area contributed by atoms with E-state index in [1.807, 2.05) is 0 Å². The Hall–Kier alpha value is -2.37. The lowest BCUT2D eigenvalue weighted by Crippen LogP contribution is -2.12. The van der Waals surface area contributed by atoms with Crippen LogP contribution >= 0.6 is 0 Å². The van der Waals surface area contributed by atoms with Crippen molar-refractivity contribution >= 4 is 11.7 Å². The molecule has 0 aliphatic rings. The Kier molecular flexibility index (Phi) is 2.81. The molecule has 0 aliphatic heterocycles. The second-order valence-corrected chi connectivity index (χ2v) is 3.01. The van der Waals surface area contributed by atoms with E-state index in [4.69, 9.17) is 4.74 Å². The number of H-pyrrole nitrogens is 1. The van der Waals surface area contributed by atoms with Crippen LogP contribution in [0.5, 0.6) is 5.88 Å². The van der Waals surface area contributed by atoms with Crippen molar-refractivity contribution in [3.05, 3.63) is 36.2 Å². The average molecular weight is 218 g/mol. The van der Waals surface area contributed by atoms with Crippen LogP contribution in [0.25, 0.3) is 0 Å². The van der Waals surface area contributed by atoms with Crippen molar-refractivity contribution in [2.24, 2.45) is 0 Å². The van der Waals surface area contributed by atoms with E-state index in [2.05, 4.69) is 20.5 Å². The summed E-state index contributed by atoms with van der Waals surface area (Å²) in [6, 6.07) is 4.92. The molecule has 0 radical (unpaired) electrons. The van der Waals surface area contributed by atoms with Crippen molar-refractivity contribution in [2.75, 3.05) is 12.4 Å². The first-order chi connectivity index (χ1) is 7.79. The molecule has 2 heterocycles. The third-order valence-corrected chi connectivity index (χ3v) is 1.96. The van der Waals surface area contributed by atoms with Crippen LogP contribution in [-0.2, 0) is 0 Å². The number of hydrogen-bond acceptors (Lipinski definition) is 4. The summed E-state index contributed by atoms with van der Waals surface area (Å²) >= 11 is 0. The first kappa shape index (κ1) is 10.2. The van der Waals surface area contributed by atoms with Gasteiger partial charge in [-0.15, -0.1) is 0 Å². The van der Waals surface area contributed by atoms with Gasteiger partial charge in [-0.25, -0.2) is 4.98 Å². The van der Waals surface area contributed by atoms with Gasteiger partial charge in [-0.2, -0.15) is 5.10 Å². The Balaban J connectivity index is 2.09. The minimum Gasteiger partial charge on any atom is -0.481 e. The van der Waals surface area contributed by atoms with Gasteiger partial charge in [-0.3, -0.25) is 9.89 Å². The molecule has 0 spiro atoms. The third-order valence-electron chi connectivity index (χ3n) is 1.96.